The second-order valence-electron chi connectivity index (χ2n) is 3.74. The highest BCUT2D eigenvalue weighted by molar-refractivity contribution is 5.73. The molecule has 0 bridgehead atoms. The Hall–Kier alpha value is -2.41. The van der Waals surface area contributed by atoms with Crippen LogP contribution < -0.4 is 5.73 Å². The number of pyridine rings is 1. The monoisotopic (exact) mass is 244 g/mol. The number of nitrogens with two attached hydrogens (primary N) is 1. The van der Waals surface area contributed by atoms with Gasteiger partial charge in [-0.15, -0.1) is 0 Å². The quantitative estimate of drug-likeness (QED) is 0.654. The zero-order valence-electron chi connectivity index (χ0n) is 9.21. The molecule has 0 spiro atoms. The van der Waals surface area contributed by atoms with Gasteiger partial charge in [0.05, 0.1) is 18.1 Å². The van der Waals surface area contributed by atoms with Crippen molar-refractivity contribution in [1.29, 1.82) is 0 Å². The van der Waals surface area contributed by atoms with Crippen molar-refractivity contribution in [2.24, 2.45) is 5.73 Å². The standard InChI is InChI=1S/C11H9FN6/c12-11-17-8(9-10(18-11)16-5-15-9)7(13)6-2-1-3-14-4-6/h1-5,7H,13H2,(H,15,16,17,18). The van der Waals surface area contributed by atoms with E-state index < -0.39 is 12.1 Å². The SMILES string of the molecule is NC(c1cccnc1)c1nc(F)nc2[nH]cnc12. The zero-order valence-corrected chi connectivity index (χ0v) is 9.21. The molecule has 0 aliphatic heterocycles. The first-order valence-electron chi connectivity index (χ1n) is 5.27. The number of aromatic amines is 1. The molecular weight excluding hydrogens is 235 g/mol. The van der Waals surface area contributed by atoms with E-state index in [2.05, 4.69) is 24.9 Å². The second-order valence-corrected chi connectivity index (χ2v) is 3.74. The Morgan fingerprint density at radius 1 is 1.33 bits per heavy atom. The maximum absolute atomic E-state index is 13.3. The van der Waals surface area contributed by atoms with Gasteiger partial charge in [-0.2, -0.15) is 9.37 Å². The van der Waals surface area contributed by atoms with Crippen LogP contribution in [0.1, 0.15) is 17.3 Å². The molecule has 0 aromatic carbocycles. The molecule has 1 atom stereocenters. The van der Waals surface area contributed by atoms with E-state index in [4.69, 9.17) is 5.73 Å². The maximum Gasteiger partial charge on any atom is 0.311 e. The van der Waals surface area contributed by atoms with Crippen LogP contribution in [0, 0.1) is 6.08 Å². The lowest BCUT2D eigenvalue weighted by Crippen LogP contribution is -2.15. The smallest absolute Gasteiger partial charge is 0.311 e. The summed E-state index contributed by atoms with van der Waals surface area (Å²) in [4.78, 5) is 18.1. The zero-order chi connectivity index (χ0) is 12.5. The van der Waals surface area contributed by atoms with E-state index in [0.29, 0.717) is 16.9 Å². The van der Waals surface area contributed by atoms with Crippen LogP contribution in [0.2, 0.25) is 0 Å². The number of rotatable bonds is 2. The highest BCUT2D eigenvalue weighted by Gasteiger charge is 2.18. The molecule has 1 unspecified atom stereocenters. The van der Waals surface area contributed by atoms with Crippen LogP contribution in [0.25, 0.3) is 11.2 Å². The third-order valence-electron chi connectivity index (χ3n) is 2.62. The highest BCUT2D eigenvalue weighted by Crippen LogP contribution is 2.22. The second kappa shape index (κ2) is 4.11. The van der Waals surface area contributed by atoms with E-state index in [1.54, 1.807) is 24.5 Å². The molecule has 7 heteroatoms. The number of nitrogens with one attached hydrogen (secondary N) is 1. The Morgan fingerprint density at radius 2 is 2.22 bits per heavy atom. The van der Waals surface area contributed by atoms with Crippen molar-refractivity contribution in [3.8, 4) is 0 Å². The number of aromatic nitrogens is 5. The molecule has 0 aliphatic rings. The molecule has 3 N–H and O–H groups in total. The first kappa shape index (κ1) is 10.7. The fourth-order valence-corrected chi connectivity index (χ4v) is 1.76. The molecule has 0 amide bonds. The topological polar surface area (TPSA) is 93.4 Å². The summed E-state index contributed by atoms with van der Waals surface area (Å²) in [6.45, 7) is 0. The summed E-state index contributed by atoms with van der Waals surface area (Å²) < 4.78 is 13.3. The van der Waals surface area contributed by atoms with E-state index >= 15 is 0 Å². The molecule has 0 fully saturated rings. The van der Waals surface area contributed by atoms with E-state index in [0.717, 1.165) is 5.56 Å². The summed E-state index contributed by atoms with van der Waals surface area (Å²) in [5.74, 6) is 0. The van der Waals surface area contributed by atoms with Crippen LogP contribution in [0.15, 0.2) is 30.9 Å². The van der Waals surface area contributed by atoms with E-state index in [1.807, 2.05) is 0 Å². The highest BCUT2D eigenvalue weighted by atomic mass is 19.1. The maximum atomic E-state index is 13.3. The van der Waals surface area contributed by atoms with Gasteiger partial charge in [0.1, 0.15) is 5.52 Å². The fraction of sp³-hybridized carbons (Fsp3) is 0.0909. The van der Waals surface area contributed by atoms with Gasteiger partial charge in [-0.1, -0.05) is 6.07 Å². The third kappa shape index (κ3) is 1.70. The van der Waals surface area contributed by atoms with Crippen molar-refractivity contribution in [3.05, 3.63) is 48.2 Å². The van der Waals surface area contributed by atoms with E-state index in [-0.39, 0.29) is 0 Å². The summed E-state index contributed by atoms with van der Waals surface area (Å²) in [6.07, 6.45) is 3.85. The predicted molar refractivity (Wildman–Crippen MR) is 61.9 cm³/mol. The first-order chi connectivity index (χ1) is 8.75. The average Bonchev–Trinajstić information content (AvgIpc) is 2.86. The third-order valence-corrected chi connectivity index (χ3v) is 2.62. The average molecular weight is 244 g/mol. The molecule has 3 aromatic rings. The molecule has 0 saturated heterocycles. The van der Waals surface area contributed by atoms with Gasteiger partial charge in [-0.05, 0) is 11.6 Å². The fourth-order valence-electron chi connectivity index (χ4n) is 1.76. The lowest BCUT2D eigenvalue weighted by Gasteiger charge is -2.10. The Bertz CT molecular complexity index is 680. The van der Waals surface area contributed by atoms with Crippen molar-refractivity contribution >= 4 is 11.2 Å². The number of fused-ring (bicyclic) bond motifs is 1. The van der Waals surface area contributed by atoms with Gasteiger partial charge >= 0.3 is 6.08 Å². The Balaban J connectivity index is 2.17. The summed E-state index contributed by atoms with van der Waals surface area (Å²) in [6, 6.07) is 2.96. The minimum Gasteiger partial charge on any atom is -0.329 e. The van der Waals surface area contributed by atoms with Crippen LogP contribution in [0.5, 0.6) is 0 Å². The predicted octanol–water partition coefficient (Wildman–Crippen LogP) is 0.935. The van der Waals surface area contributed by atoms with Crippen LogP contribution in [0.4, 0.5) is 4.39 Å². The number of hydrogen-bond acceptors (Lipinski definition) is 5. The minimum absolute atomic E-state index is 0.330. The molecule has 18 heavy (non-hydrogen) atoms. The van der Waals surface area contributed by atoms with Gasteiger partial charge in [0.2, 0.25) is 0 Å². The Labute approximate surface area is 101 Å². The van der Waals surface area contributed by atoms with Crippen molar-refractivity contribution in [3.63, 3.8) is 0 Å². The van der Waals surface area contributed by atoms with Crippen molar-refractivity contribution < 1.29 is 4.39 Å². The normalized spacial score (nSPS) is 12.8. The van der Waals surface area contributed by atoms with Crippen LogP contribution in [0.3, 0.4) is 0 Å². The van der Waals surface area contributed by atoms with Gasteiger partial charge in [0.25, 0.3) is 0 Å². The van der Waals surface area contributed by atoms with Crippen molar-refractivity contribution in [2.75, 3.05) is 0 Å². The Kier molecular flexibility index (Phi) is 2.45. The van der Waals surface area contributed by atoms with Crippen LogP contribution in [-0.4, -0.2) is 24.9 Å². The molecule has 0 aliphatic carbocycles. The summed E-state index contributed by atoms with van der Waals surface area (Å²) in [5, 5.41) is 0. The molecule has 0 saturated carbocycles. The number of imidazole rings is 1. The van der Waals surface area contributed by atoms with E-state index in [1.165, 1.54) is 6.33 Å². The molecule has 3 heterocycles. The van der Waals surface area contributed by atoms with Gasteiger partial charge in [0.15, 0.2) is 5.65 Å². The van der Waals surface area contributed by atoms with E-state index in [9.17, 15) is 4.39 Å². The van der Waals surface area contributed by atoms with Gasteiger partial charge in [0, 0.05) is 12.4 Å². The Morgan fingerprint density at radius 3 is 3.00 bits per heavy atom. The van der Waals surface area contributed by atoms with Crippen molar-refractivity contribution in [1.82, 2.24) is 24.9 Å². The van der Waals surface area contributed by atoms with Gasteiger partial charge in [-0.3, -0.25) is 4.98 Å². The number of halogens is 1. The number of H-pyrrole nitrogens is 1. The molecule has 3 aromatic heterocycles. The molecule has 3 rings (SSSR count). The molecular formula is C11H9FN6. The van der Waals surface area contributed by atoms with Gasteiger partial charge in [-0.25, -0.2) is 9.97 Å². The van der Waals surface area contributed by atoms with Crippen LogP contribution >= 0.6 is 0 Å². The van der Waals surface area contributed by atoms with Gasteiger partial charge < -0.3 is 10.7 Å². The number of nitrogens with zero attached hydrogens (tertiary/aromatic N) is 4. The summed E-state index contributed by atoms with van der Waals surface area (Å²) >= 11 is 0. The molecule has 6 nitrogen and oxygen atoms in total. The lowest BCUT2D eigenvalue weighted by molar-refractivity contribution is 0.534. The molecule has 0 radical (unpaired) electrons. The molecule has 90 valence electrons. The van der Waals surface area contributed by atoms with Crippen LogP contribution in [-0.2, 0) is 0 Å². The lowest BCUT2D eigenvalue weighted by atomic mass is 10.1. The largest absolute Gasteiger partial charge is 0.329 e. The summed E-state index contributed by atoms with van der Waals surface area (Å²) in [7, 11) is 0. The first-order valence-corrected chi connectivity index (χ1v) is 5.27. The van der Waals surface area contributed by atoms with Crippen molar-refractivity contribution in [2.45, 2.75) is 6.04 Å². The number of hydrogen-bond donors (Lipinski definition) is 2. The summed E-state index contributed by atoms with van der Waals surface area (Å²) in [5.41, 5.74) is 7.93. The minimum atomic E-state index is -0.832.